The maximum atomic E-state index is 10.7. The van der Waals surface area contributed by atoms with Crippen molar-refractivity contribution in [2.45, 2.75) is 63.5 Å². The second-order valence-electron chi connectivity index (χ2n) is 3.97. The number of alkyl halides is 3. The Morgan fingerprint density at radius 3 is 1.83 bits per heavy atom. The van der Waals surface area contributed by atoms with Crippen LogP contribution in [0.2, 0.25) is 0 Å². The lowest BCUT2D eigenvalue weighted by Gasteiger charge is -2.07. The van der Waals surface area contributed by atoms with Crippen LogP contribution in [0.5, 0.6) is 0 Å². The maximum Gasteiger partial charge on any atom is 0.522 e. The normalized spacial score (nSPS) is 13.7. The highest BCUT2D eigenvalue weighted by Gasteiger charge is 2.44. The average Bonchev–Trinajstić information content (AvgIpc) is 2.16. The lowest BCUT2D eigenvalue weighted by Crippen LogP contribution is -2.21. The van der Waals surface area contributed by atoms with Crippen molar-refractivity contribution in [3.8, 4) is 0 Å². The van der Waals surface area contributed by atoms with Gasteiger partial charge in [0.05, 0.1) is 0 Å². The number of unbranched alkanes of at least 4 members (excludes halogenated alkanes) is 2. The second kappa shape index (κ2) is 9.98. The number of hydrogen-bond acceptors (Lipinski definition) is 2. The Kier molecular flexibility index (Phi) is 11.3. The van der Waals surface area contributed by atoms with Crippen molar-refractivity contribution in [3.63, 3.8) is 0 Å². The monoisotopic (exact) mass is 310 g/mol. The van der Waals surface area contributed by atoms with Crippen molar-refractivity contribution in [3.05, 3.63) is 0 Å². The molecule has 112 valence electrons. The first-order chi connectivity index (χ1) is 8.06. The fourth-order valence-corrected chi connectivity index (χ4v) is 1.74. The van der Waals surface area contributed by atoms with Gasteiger partial charge in [-0.3, -0.25) is 4.55 Å². The zero-order valence-corrected chi connectivity index (χ0v) is 12.7. The van der Waals surface area contributed by atoms with Crippen molar-refractivity contribution in [1.82, 2.24) is 0 Å². The van der Waals surface area contributed by atoms with Crippen LogP contribution in [0.3, 0.4) is 0 Å². The van der Waals surface area contributed by atoms with Crippen LogP contribution in [0.4, 0.5) is 13.2 Å². The predicted octanol–water partition coefficient (Wildman–Crippen LogP) is 4.00. The van der Waals surface area contributed by atoms with Crippen LogP contribution in [0.15, 0.2) is 0 Å². The molecule has 3 nitrogen and oxygen atoms in total. The SMILES string of the molecule is CCCCCC(P)CCC.O=S(=O)(O)C(F)(F)F. The highest BCUT2D eigenvalue weighted by molar-refractivity contribution is 7.86. The Hall–Kier alpha value is 0.130. The van der Waals surface area contributed by atoms with Crippen molar-refractivity contribution in [2.75, 3.05) is 0 Å². The summed E-state index contributed by atoms with van der Waals surface area (Å²) >= 11 is 0. The maximum absolute atomic E-state index is 10.7. The molecule has 0 spiro atoms. The topological polar surface area (TPSA) is 54.4 Å². The first-order valence-electron chi connectivity index (χ1n) is 5.85. The van der Waals surface area contributed by atoms with E-state index in [9.17, 15) is 13.2 Å². The predicted molar refractivity (Wildman–Crippen MR) is 70.2 cm³/mol. The van der Waals surface area contributed by atoms with Gasteiger partial charge in [0, 0.05) is 0 Å². The van der Waals surface area contributed by atoms with Gasteiger partial charge in [0.25, 0.3) is 0 Å². The van der Waals surface area contributed by atoms with Crippen LogP contribution >= 0.6 is 9.24 Å². The molecule has 0 aromatic rings. The molecule has 0 aliphatic rings. The van der Waals surface area contributed by atoms with Crippen LogP contribution in [-0.4, -0.2) is 24.1 Å². The van der Waals surface area contributed by atoms with E-state index in [0.29, 0.717) is 0 Å². The van der Waals surface area contributed by atoms with Crippen molar-refractivity contribution < 1.29 is 26.1 Å². The molecule has 2 atom stereocenters. The van der Waals surface area contributed by atoms with Crippen LogP contribution in [0.1, 0.15) is 52.4 Å². The summed E-state index contributed by atoms with van der Waals surface area (Å²) in [7, 11) is -2.89. The Labute approximate surface area is 109 Å². The molecule has 0 rings (SSSR count). The van der Waals surface area contributed by atoms with E-state index < -0.39 is 15.6 Å². The molecule has 0 bridgehead atoms. The molecular weight excluding hydrogens is 288 g/mol. The van der Waals surface area contributed by atoms with Gasteiger partial charge in [-0.2, -0.15) is 21.6 Å². The smallest absolute Gasteiger partial charge is 0.279 e. The van der Waals surface area contributed by atoms with Gasteiger partial charge in [0.1, 0.15) is 0 Å². The third-order valence-corrected chi connectivity index (χ3v) is 3.38. The van der Waals surface area contributed by atoms with Crippen LogP contribution in [-0.2, 0) is 10.1 Å². The Balaban J connectivity index is 0. The van der Waals surface area contributed by atoms with Gasteiger partial charge in [0.2, 0.25) is 0 Å². The molecule has 0 heterocycles. The summed E-state index contributed by atoms with van der Waals surface area (Å²) in [5.41, 5.74) is -4.65. The fraction of sp³-hybridized carbons (Fsp3) is 1.00. The summed E-state index contributed by atoms with van der Waals surface area (Å²) in [6, 6.07) is 0. The molecular formula is C10H22F3O3PS. The van der Waals surface area contributed by atoms with Gasteiger partial charge < -0.3 is 0 Å². The number of halogens is 3. The molecule has 2 unspecified atom stereocenters. The fourth-order valence-electron chi connectivity index (χ4n) is 1.17. The third-order valence-electron chi connectivity index (χ3n) is 2.13. The Bertz CT molecular complexity index is 291. The lowest BCUT2D eigenvalue weighted by atomic mass is 10.1. The van der Waals surface area contributed by atoms with Gasteiger partial charge in [-0.15, -0.1) is 9.24 Å². The van der Waals surface area contributed by atoms with E-state index in [4.69, 9.17) is 13.0 Å². The standard InChI is InChI=1S/C9H21P.CHF3O3S/c1-3-5-6-8-9(10)7-4-2;2-1(3,4)8(5,6)7/h9H,3-8,10H2,1-2H3;(H,5,6,7). The number of rotatable bonds is 6. The van der Waals surface area contributed by atoms with Crippen molar-refractivity contribution >= 4 is 19.4 Å². The molecule has 0 fully saturated rings. The molecule has 0 aromatic carbocycles. The van der Waals surface area contributed by atoms with Crippen LogP contribution in [0.25, 0.3) is 0 Å². The molecule has 18 heavy (non-hydrogen) atoms. The van der Waals surface area contributed by atoms with E-state index in [1.807, 2.05) is 0 Å². The van der Waals surface area contributed by atoms with E-state index in [-0.39, 0.29) is 0 Å². The summed E-state index contributed by atoms with van der Waals surface area (Å²) in [5.74, 6) is 0. The lowest BCUT2D eigenvalue weighted by molar-refractivity contribution is -0.0510. The zero-order chi connectivity index (χ0) is 14.8. The van der Waals surface area contributed by atoms with Crippen molar-refractivity contribution in [2.24, 2.45) is 0 Å². The Morgan fingerprint density at radius 1 is 1.11 bits per heavy atom. The largest absolute Gasteiger partial charge is 0.522 e. The summed E-state index contributed by atoms with van der Waals surface area (Å²) in [4.78, 5) is 0. The molecule has 0 aromatic heterocycles. The third kappa shape index (κ3) is 12.6. The minimum Gasteiger partial charge on any atom is -0.279 e. The minimum absolute atomic E-state index is 0.886. The molecule has 1 N–H and O–H groups in total. The summed E-state index contributed by atoms with van der Waals surface area (Å²) < 4.78 is 57.5. The van der Waals surface area contributed by atoms with E-state index in [1.54, 1.807) is 0 Å². The molecule has 0 amide bonds. The summed E-state index contributed by atoms with van der Waals surface area (Å²) in [6.07, 6.45) is 8.31. The zero-order valence-electron chi connectivity index (χ0n) is 10.7. The van der Waals surface area contributed by atoms with Gasteiger partial charge >= 0.3 is 15.6 Å². The first kappa shape index (κ1) is 20.4. The van der Waals surface area contributed by atoms with Crippen LogP contribution < -0.4 is 0 Å². The molecule has 0 saturated heterocycles. The molecule has 0 aliphatic carbocycles. The van der Waals surface area contributed by atoms with E-state index in [2.05, 4.69) is 23.1 Å². The summed E-state index contributed by atoms with van der Waals surface area (Å²) in [5, 5.41) is 0. The van der Waals surface area contributed by atoms with Gasteiger partial charge in [-0.25, -0.2) is 0 Å². The van der Waals surface area contributed by atoms with Gasteiger partial charge in [-0.05, 0) is 18.5 Å². The Morgan fingerprint density at radius 2 is 1.56 bits per heavy atom. The van der Waals surface area contributed by atoms with Gasteiger partial charge in [-0.1, -0.05) is 39.5 Å². The van der Waals surface area contributed by atoms with E-state index in [0.717, 1.165) is 5.66 Å². The van der Waals surface area contributed by atoms with E-state index in [1.165, 1.54) is 38.5 Å². The molecule has 0 radical (unpaired) electrons. The first-order valence-corrected chi connectivity index (χ1v) is 7.96. The number of hydrogen-bond donors (Lipinski definition) is 1. The summed E-state index contributed by atoms with van der Waals surface area (Å²) in [6.45, 7) is 4.52. The van der Waals surface area contributed by atoms with Gasteiger partial charge in [0.15, 0.2) is 0 Å². The molecule has 0 aliphatic heterocycles. The van der Waals surface area contributed by atoms with Crippen LogP contribution in [0, 0.1) is 0 Å². The molecule has 0 saturated carbocycles. The highest BCUT2D eigenvalue weighted by Crippen LogP contribution is 2.20. The quantitative estimate of drug-likeness (QED) is 0.349. The highest BCUT2D eigenvalue weighted by atomic mass is 32.2. The second-order valence-corrected chi connectivity index (χ2v) is 6.32. The molecule has 8 heteroatoms. The average molecular weight is 310 g/mol. The van der Waals surface area contributed by atoms with E-state index >= 15 is 0 Å². The van der Waals surface area contributed by atoms with Crippen molar-refractivity contribution in [1.29, 1.82) is 0 Å². The minimum atomic E-state index is -5.84.